The van der Waals surface area contributed by atoms with Crippen LogP contribution < -0.4 is 16.6 Å². The summed E-state index contributed by atoms with van der Waals surface area (Å²) < 4.78 is 0. The van der Waals surface area contributed by atoms with Crippen molar-refractivity contribution in [3.63, 3.8) is 0 Å². The minimum absolute atomic E-state index is 0.0103. The number of nitro groups is 1. The van der Waals surface area contributed by atoms with Gasteiger partial charge in [0.2, 0.25) is 11.8 Å². The molecule has 6 N–H and O–H groups in total. The van der Waals surface area contributed by atoms with Crippen molar-refractivity contribution in [2.75, 3.05) is 24.0 Å². The summed E-state index contributed by atoms with van der Waals surface area (Å²) in [5.41, 5.74) is 0.796. The predicted molar refractivity (Wildman–Crippen MR) is 67.4 cm³/mol. The van der Waals surface area contributed by atoms with E-state index in [-0.39, 0.29) is 23.1 Å². The highest BCUT2D eigenvalue weighted by Gasteiger charge is 2.29. The molecule has 0 bridgehead atoms. The van der Waals surface area contributed by atoms with Gasteiger partial charge in [0.1, 0.15) is 5.69 Å². The molecule has 0 aromatic carbocycles. The third-order valence-electron chi connectivity index (χ3n) is 2.49. The van der Waals surface area contributed by atoms with Crippen molar-refractivity contribution in [1.82, 2.24) is 9.97 Å². The van der Waals surface area contributed by atoms with Gasteiger partial charge in [-0.2, -0.15) is 4.98 Å². The Morgan fingerprint density at radius 2 is 2.00 bits per heavy atom. The molecule has 0 radical (unpaired) electrons. The molecule has 0 saturated heterocycles. The van der Waals surface area contributed by atoms with Gasteiger partial charge in [0, 0.05) is 0 Å². The van der Waals surface area contributed by atoms with Gasteiger partial charge in [-0.3, -0.25) is 15.5 Å². The number of aromatic nitrogens is 2. The first-order chi connectivity index (χ1) is 8.86. The molecular weight excluding hydrogens is 256 g/mol. The van der Waals surface area contributed by atoms with Crippen molar-refractivity contribution in [2.24, 2.45) is 5.84 Å². The van der Waals surface area contributed by atoms with Crippen LogP contribution >= 0.6 is 0 Å². The maximum atomic E-state index is 11.0. The van der Waals surface area contributed by atoms with Crippen LogP contribution in [0.3, 0.4) is 0 Å². The third kappa shape index (κ3) is 3.24. The van der Waals surface area contributed by atoms with Gasteiger partial charge in [0.25, 0.3) is 0 Å². The standard InChI is InChI=1S/C9H16N6O4/c1-5-6(15(18)19)7(12-8(11-5)14-10)13-9(2,3-16)4-17/h16-17H,3-4,10H2,1-2H3,(H2,11,12,13,14). The Morgan fingerprint density at radius 3 is 2.42 bits per heavy atom. The molecule has 106 valence electrons. The van der Waals surface area contributed by atoms with Crippen molar-refractivity contribution in [2.45, 2.75) is 19.4 Å². The predicted octanol–water partition coefficient (Wildman–Crippen LogP) is -0.866. The summed E-state index contributed by atoms with van der Waals surface area (Å²) in [6.07, 6.45) is 0. The molecule has 10 heteroatoms. The van der Waals surface area contributed by atoms with Crippen LogP contribution in [0.2, 0.25) is 0 Å². The second kappa shape index (κ2) is 5.73. The van der Waals surface area contributed by atoms with Crippen molar-refractivity contribution < 1.29 is 15.1 Å². The Balaban J connectivity index is 3.31. The smallest absolute Gasteiger partial charge is 0.332 e. The number of hydrogen-bond donors (Lipinski definition) is 5. The van der Waals surface area contributed by atoms with Gasteiger partial charge in [0.15, 0.2) is 0 Å². The lowest BCUT2D eigenvalue weighted by atomic mass is 10.1. The first-order valence-electron chi connectivity index (χ1n) is 5.36. The van der Waals surface area contributed by atoms with Crippen LogP contribution in [0.5, 0.6) is 0 Å². The van der Waals surface area contributed by atoms with Gasteiger partial charge in [-0.25, -0.2) is 10.8 Å². The normalized spacial score (nSPS) is 11.2. The molecule has 19 heavy (non-hydrogen) atoms. The molecular formula is C9H16N6O4. The maximum Gasteiger partial charge on any atom is 0.332 e. The van der Waals surface area contributed by atoms with E-state index in [1.54, 1.807) is 0 Å². The van der Waals surface area contributed by atoms with Gasteiger partial charge in [-0.1, -0.05) is 0 Å². The SMILES string of the molecule is Cc1nc(NN)nc(NC(C)(CO)CO)c1[N+](=O)[O-]. The van der Waals surface area contributed by atoms with E-state index in [4.69, 9.17) is 5.84 Å². The fourth-order valence-corrected chi connectivity index (χ4v) is 1.35. The molecule has 0 atom stereocenters. The van der Waals surface area contributed by atoms with Gasteiger partial charge in [-0.05, 0) is 13.8 Å². The minimum Gasteiger partial charge on any atom is -0.394 e. The maximum absolute atomic E-state index is 11.0. The number of aliphatic hydroxyl groups is 2. The summed E-state index contributed by atoms with van der Waals surface area (Å²) >= 11 is 0. The number of hydrogen-bond acceptors (Lipinski definition) is 9. The van der Waals surface area contributed by atoms with E-state index in [0.717, 1.165) is 0 Å². The summed E-state index contributed by atoms with van der Waals surface area (Å²) in [4.78, 5) is 18.0. The second-order valence-electron chi connectivity index (χ2n) is 4.23. The zero-order valence-electron chi connectivity index (χ0n) is 10.5. The minimum atomic E-state index is -1.16. The Labute approximate surface area is 108 Å². The largest absolute Gasteiger partial charge is 0.394 e. The molecule has 0 spiro atoms. The molecule has 10 nitrogen and oxygen atoms in total. The molecule has 1 heterocycles. The first kappa shape index (κ1) is 15.0. The molecule has 1 aromatic rings. The third-order valence-corrected chi connectivity index (χ3v) is 2.49. The number of rotatable bonds is 6. The Kier molecular flexibility index (Phi) is 4.53. The number of nitrogen functional groups attached to an aromatic ring is 1. The van der Waals surface area contributed by atoms with E-state index in [1.165, 1.54) is 13.8 Å². The van der Waals surface area contributed by atoms with Crippen LogP contribution in [0, 0.1) is 17.0 Å². The summed E-state index contributed by atoms with van der Waals surface area (Å²) in [6, 6.07) is 0. The lowest BCUT2D eigenvalue weighted by Gasteiger charge is -2.26. The zero-order chi connectivity index (χ0) is 14.6. The average molecular weight is 272 g/mol. The topological polar surface area (TPSA) is 159 Å². The second-order valence-corrected chi connectivity index (χ2v) is 4.23. The van der Waals surface area contributed by atoms with Crippen LogP contribution in [-0.4, -0.2) is 43.9 Å². The lowest BCUT2D eigenvalue weighted by molar-refractivity contribution is -0.385. The van der Waals surface area contributed by atoms with E-state index in [1.807, 2.05) is 0 Å². The van der Waals surface area contributed by atoms with Gasteiger partial charge < -0.3 is 15.5 Å². The van der Waals surface area contributed by atoms with Crippen molar-refractivity contribution in [1.29, 1.82) is 0 Å². The highest BCUT2D eigenvalue weighted by Crippen LogP contribution is 2.28. The van der Waals surface area contributed by atoms with Crippen molar-refractivity contribution in [3.05, 3.63) is 15.8 Å². The molecule has 0 aliphatic rings. The lowest BCUT2D eigenvalue weighted by Crippen LogP contribution is -2.43. The van der Waals surface area contributed by atoms with Crippen molar-refractivity contribution in [3.8, 4) is 0 Å². The quantitative estimate of drug-likeness (QED) is 0.252. The van der Waals surface area contributed by atoms with Crippen LogP contribution in [0.25, 0.3) is 0 Å². The fourth-order valence-electron chi connectivity index (χ4n) is 1.35. The molecule has 0 unspecified atom stereocenters. The number of nitrogens with zero attached hydrogens (tertiary/aromatic N) is 3. The van der Waals surface area contributed by atoms with E-state index >= 15 is 0 Å². The summed E-state index contributed by atoms with van der Waals surface area (Å²) in [6.45, 7) is 2.05. The van der Waals surface area contributed by atoms with Gasteiger partial charge in [-0.15, -0.1) is 0 Å². The van der Waals surface area contributed by atoms with E-state index < -0.39 is 23.7 Å². The molecule has 0 fully saturated rings. The number of nitrogens with two attached hydrogens (primary N) is 1. The Morgan fingerprint density at radius 1 is 1.42 bits per heavy atom. The van der Waals surface area contributed by atoms with E-state index in [2.05, 4.69) is 20.7 Å². The molecule has 0 aliphatic carbocycles. The number of nitrogens with one attached hydrogen (secondary N) is 2. The van der Waals surface area contributed by atoms with E-state index in [9.17, 15) is 20.3 Å². The fraction of sp³-hybridized carbons (Fsp3) is 0.556. The molecule has 0 amide bonds. The monoisotopic (exact) mass is 272 g/mol. The van der Waals surface area contributed by atoms with E-state index in [0.29, 0.717) is 0 Å². The number of aryl methyl sites for hydroxylation is 1. The van der Waals surface area contributed by atoms with Crippen LogP contribution in [-0.2, 0) is 0 Å². The van der Waals surface area contributed by atoms with Gasteiger partial charge >= 0.3 is 5.69 Å². The first-order valence-corrected chi connectivity index (χ1v) is 5.36. The molecule has 1 rings (SSSR count). The Hall–Kier alpha value is -2.04. The molecule has 0 saturated carbocycles. The highest BCUT2D eigenvalue weighted by atomic mass is 16.6. The zero-order valence-corrected chi connectivity index (χ0v) is 10.5. The van der Waals surface area contributed by atoms with Crippen LogP contribution in [0.15, 0.2) is 0 Å². The summed E-state index contributed by atoms with van der Waals surface area (Å²) in [5, 5.41) is 32.0. The number of aliphatic hydroxyl groups excluding tert-OH is 2. The molecule has 0 aliphatic heterocycles. The number of anilines is 2. The summed E-state index contributed by atoms with van der Waals surface area (Å²) in [5.74, 6) is 5.03. The van der Waals surface area contributed by atoms with Crippen LogP contribution in [0.4, 0.5) is 17.5 Å². The Bertz CT molecular complexity index is 476. The number of hydrazine groups is 1. The van der Waals surface area contributed by atoms with Gasteiger partial charge in [0.05, 0.1) is 23.7 Å². The molecule has 1 aromatic heterocycles. The highest BCUT2D eigenvalue weighted by molar-refractivity contribution is 5.61. The summed E-state index contributed by atoms with van der Waals surface area (Å²) in [7, 11) is 0. The van der Waals surface area contributed by atoms with Crippen LogP contribution in [0.1, 0.15) is 12.6 Å². The van der Waals surface area contributed by atoms with Crippen molar-refractivity contribution >= 4 is 17.5 Å². The average Bonchev–Trinajstić information content (AvgIpc) is 2.37.